The molecular formula is C38H46O7. The number of benzene rings is 1. The minimum absolute atomic E-state index is 0.0872. The average Bonchev–Trinajstić information content (AvgIpc) is 3.43. The van der Waals surface area contributed by atoms with Crippen molar-refractivity contribution in [2.24, 2.45) is 28.6 Å². The van der Waals surface area contributed by atoms with Crippen LogP contribution in [0.15, 0.2) is 46.8 Å². The van der Waals surface area contributed by atoms with Gasteiger partial charge in [-0.25, -0.2) is 0 Å². The van der Waals surface area contributed by atoms with Crippen LogP contribution >= 0.6 is 0 Å². The number of aliphatic hydroxyl groups is 3. The van der Waals surface area contributed by atoms with E-state index in [1.807, 2.05) is 26.8 Å². The van der Waals surface area contributed by atoms with Gasteiger partial charge in [0.2, 0.25) is 5.78 Å². The summed E-state index contributed by atoms with van der Waals surface area (Å²) in [6.45, 7) is 8.23. The lowest BCUT2D eigenvalue weighted by molar-refractivity contribution is -0.178. The van der Waals surface area contributed by atoms with Gasteiger partial charge in [-0.2, -0.15) is 0 Å². The number of carbonyl (C=O) groups is 3. The first-order valence-electron chi connectivity index (χ1n) is 16.6. The molecule has 2 fully saturated rings. The smallest absolute Gasteiger partial charge is 0.203 e. The Labute approximate surface area is 265 Å². The molecule has 0 radical (unpaired) electrons. The normalized spacial score (nSPS) is 31.9. The largest absolute Gasteiger partial charge is 0.508 e. The molecule has 7 nitrogen and oxygen atoms in total. The van der Waals surface area contributed by atoms with Crippen molar-refractivity contribution in [3.63, 3.8) is 0 Å². The molecule has 1 unspecified atom stereocenters. The number of hydrogen-bond donors (Lipinski definition) is 4. The molecule has 0 spiro atoms. The van der Waals surface area contributed by atoms with Gasteiger partial charge in [-0.3, -0.25) is 14.4 Å². The summed E-state index contributed by atoms with van der Waals surface area (Å²) in [6, 6.07) is 3.40. The second-order valence-electron chi connectivity index (χ2n) is 15.2. The van der Waals surface area contributed by atoms with Crippen molar-refractivity contribution in [2.75, 3.05) is 0 Å². The van der Waals surface area contributed by atoms with Gasteiger partial charge in [-0.15, -0.1) is 0 Å². The number of carbonyl (C=O) groups excluding carboxylic acids is 3. The zero-order valence-corrected chi connectivity index (χ0v) is 27.1. The maximum absolute atomic E-state index is 14.5. The number of rotatable bonds is 6. The fourth-order valence-corrected chi connectivity index (χ4v) is 9.82. The molecule has 0 aromatic heterocycles. The van der Waals surface area contributed by atoms with Gasteiger partial charge in [0.05, 0.1) is 5.56 Å². The molecule has 0 aliphatic heterocycles. The first kappa shape index (κ1) is 31.5. The number of ketones is 3. The molecule has 2 saturated carbocycles. The first-order valence-corrected chi connectivity index (χ1v) is 16.6. The van der Waals surface area contributed by atoms with E-state index in [0.717, 1.165) is 42.4 Å². The Bertz CT molecular complexity index is 1630. The van der Waals surface area contributed by atoms with E-state index in [2.05, 4.69) is 12.2 Å². The summed E-state index contributed by atoms with van der Waals surface area (Å²) in [5, 5.41) is 46.5. The Hall–Kier alpha value is -3.45. The molecule has 1 aromatic rings. The molecule has 5 aliphatic carbocycles. The van der Waals surface area contributed by atoms with Gasteiger partial charge in [0.25, 0.3) is 0 Å². The molecule has 0 bridgehead atoms. The highest BCUT2D eigenvalue weighted by molar-refractivity contribution is 6.24. The Kier molecular flexibility index (Phi) is 7.58. The van der Waals surface area contributed by atoms with E-state index < -0.39 is 56.8 Å². The Morgan fingerprint density at radius 1 is 1.02 bits per heavy atom. The highest BCUT2D eigenvalue weighted by Crippen LogP contribution is 2.65. The maximum atomic E-state index is 14.5. The highest BCUT2D eigenvalue weighted by atomic mass is 16.3. The van der Waals surface area contributed by atoms with Crippen LogP contribution in [0.2, 0.25) is 0 Å². The zero-order valence-electron chi connectivity index (χ0n) is 27.1. The molecule has 7 heteroatoms. The van der Waals surface area contributed by atoms with Gasteiger partial charge in [0.15, 0.2) is 17.2 Å². The van der Waals surface area contributed by atoms with Crippen LogP contribution in [0, 0.1) is 28.6 Å². The second kappa shape index (κ2) is 10.8. The fourth-order valence-electron chi connectivity index (χ4n) is 9.82. The summed E-state index contributed by atoms with van der Waals surface area (Å²) in [6.07, 6.45) is 14.3. The van der Waals surface area contributed by atoms with Gasteiger partial charge in [-0.1, -0.05) is 83.6 Å². The molecule has 5 aliphatic rings. The number of aromatic hydroxyl groups is 1. The molecule has 4 atom stereocenters. The van der Waals surface area contributed by atoms with Gasteiger partial charge < -0.3 is 20.4 Å². The lowest BCUT2D eigenvalue weighted by atomic mass is 9.43. The lowest BCUT2D eigenvalue weighted by Crippen LogP contribution is -2.69. The Morgan fingerprint density at radius 2 is 1.71 bits per heavy atom. The topological polar surface area (TPSA) is 132 Å². The van der Waals surface area contributed by atoms with Gasteiger partial charge in [-0.05, 0) is 73.6 Å². The Balaban J connectivity index is 1.42. The van der Waals surface area contributed by atoms with E-state index >= 15 is 0 Å². The van der Waals surface area contributed by atoms with E-state index in [9.17, 15) is 34.8 Å². The zero-order chi connectivity index (χ0) is 32.6. The van der Waals surface area contributed by atoms with Crippen molar-refractivity contribution >= 4 is 28.7 Å². The molecular weight excluding hydrogens is 568 g/mol. The maximum Gasteiger partial charge on any atom is 0.203 e. The number of aliphatic hydroxyl groups excluding tert-OH is 2. The summed E-state index contributed by atoms with van der Waals surface area (Å²) >= 11 is 0. The van der Waals surface area contributed by atoms with E-state index in [1.165, 1.54) is 50.2 Å². The minimum atomic E-state index is -2.60. The van der Waals surface area contributed by atoms with E-state index in [0.29, 0.717) is 0 Å². The molecule has 6 rings (SSSR count). The molecule has 1 aromatic carbocycles. The lowest BCUT2D eigenvalue weighted by Gasteiger charge is -2.59. The van der Waals surface area contributed by atoms with E-state index in [4.69, 9.17) is 0 Å². The summed E-state index contributed by atoms with van der Waals surface area (Å²) in [5.74, 6) is -4.30. The third-order valence-electron chi connectivity index (χ3n) is 11.8. The van der Waals surface area contributed by atoms with Crippen LogP contribution in [-0.4, -0.2) is 43.4 Å². The summed E-state index contributed by atoms with van der Waals surface area (Å²) in [4.78, 5) is 40.8. The molecule has 240 valence electrons. The van der Waals surface area contributed by atoms with Crippen LogP contribution in [0.3, 0.4) is 0 Å². The van der Waals surface area contributed by atoms with Crippen LogP contribution in [0.25, 0.3) is 11.3 Å². The van der Waals surface area contributed by atoms with Crippen LogP contribution in [0.4, 0.5) is 0 Å². The molecule has 4 N–H and O–H groups in total. The van der Waals surface area contributed by atoms with Crippen molar-refractivity contribution in [2.45, 2.75) is 104 Å². The quantitative estimate of drug-likeness (QED) is 0.248. The van der Waals surface area contributed by atoms with Crippen LogP contribution in [-0.2, 0) is 20.8 Å². The van der Waals surface area contributed by atoms with E-state index in [1.54, 1.807) is 6.92 Å². The predicted octanol–water partition coefficient (Wildman–Crippen LogP) is 7.26. The van der Waals surface area contributed by atoms with Gasteiger partial charge in [0.1, 0.15) is 22.8 Å². The van der Waals surface area contributed by atoms with Crippen molar-refractivity contribution in [1.29, 1.82) is 0 Å². The standard InChI is InChI=1S/C38H46O7/c1-20(2)30-32(41)28(21(3)39)34(43)38(45)35(44)31-33(42)29-26(18-36(31,4)19-37(30,38)5)25(15-16-27(29)40)24-14-13-23(17-24)12-11-22-9-7-6-8-10-22/h13-16,20,22,30,40,42-43,45H,6-12,17-19H2,1-5H3/t30?,36-,37-,38+/m1/s1. The summed E-state index contributed by atoms with van der Waals surface area (Å²) < 4.78 is 0. The number of phenolic OH excluding ortho intramolecular Hbond substituents is 1. The predicted molar refractivity (Wildman–Crippen MR) is 172 cm³/mol. The van der Waals surface area contributed by atoms with Crippen LogP contribution in [0.1, 0.15) is 109 Å². The monoisotopic (exact) mass is 614 g/mol. The highest BCUT2D eigenvalue weighted by Gasteiger charge is 2.72. The SMILES string of the molecule is CC(=O)C1=C(O)[C@]2(O)C(=O)C3=C(O)c4c(O)ccc(C5=CC=C(CCC6CCCCC6)C5)c4C[C@]3(C)C[C@]2(C)C(C(C)C)C1=O. The van der Waals surface area contributed by atoms with Crippen molar-refractivity contribution in [1.82, 2.24) is 0 Å². The van der Waals surface area contributed by atoms with E-state index in [-0.39, 0.29) is 35.6 Å². The number of fused-ring (bicyclic) bond motifs is 3. The van der Waals surface area contributed by atoms with Crippen LogP contribution in [0.5, 0.6) is 5.75 Å². The van der Waals surface area contributed by atoms with Crippen molar-refractivity contribution in [3.8, 4) is 5.75 Å². The van der Waals surface area contributed by atoms with Gasteiger partial charge in [0, 0.05) is 22.3 Å². The first-order chi connectivity index (χ1) is 21.2. The average molecular weight is 615 g/mol. The summed E-state index contributed by atoms with van der Waals surface area (Å²) in [5.41, 5.74) is -1.52. The Morgan fingerprint density at radius 3 is 2.36 bits per heavy atom. The molecule has 0 amide bonds. The third kappa shape index (κ3) is 4.51. The molecule has 0 saturated heterocycles. The van der Waals surface area contributed by atoms with Crippen molar-refractivity contribution < 1.29 is 34.8 Å². The minimum Gasteiger partial charge on any atom is -0.508 e. The summed E-state index contributed by atoms with van der Waals surface area (Å²) in [7, 11) is 0. The third-order valence-corrected chi connectivity index (χ3v) is 11.8. The number of allylic oxidation sites excluding steroid dienone is 5. The number of Topliss-reactive ketones (excluding diaryl/α,β-unsaturated/α-hetero) is 3. The number of phenols is 1. The fraction of sp³-hybridized carbons (Fsp3) is 0.553. The molecule has 45 heavy (non-hydrogen) atoms. The second-order valence-corrected chi connectivity index (χ2v) is 15.2. The number of hydrogen-bond acceptors (Lipinski definition) is 7. The van der Waals surface area contributed by atoms with Crippen molar-refractivity contribution in [3.05, 3.63) is 63.5 Å². The van der Waals surface area contributed by atoms with Crippen LogP contribution < -0.4 is 0 Å². The van der Waals surface area contributed by atoms with Gasteiger partial charge >= 0.3 is 0 Å². The molecule has 0 heterocycles.